The lowest BCUT2D eigenvalue weighted by atomic mass is 9.96. The topological polar surface area (TPSA) is 106 Å². The minimum atomic E-state index is -3.66. The van der Waals surface area contributed by atoms with E-state index in [0.29, 0.717) is 5.56 Å². The van der Waals surface area contributed by atoms with Crippen molar-refractivity contribution in [2.45, 2.75) is 29.0 Å². The first-order valence-corrected chi connectivity index (χ1v) is 9.27. The lowest BCUT2D eigenvalue weighted by Gasteiger charge is -2.32. The first-order chi connectivity index (χ1) is 11.9. The van der Waals surface area contributed by atoms with Crippen LogP contribution in [0.5, 0.6) is 0 Å². The molecule has 1 amide bonds. The molecule has 130 valence electrons. The van der Waals surface area contributed by atoms with Crippen molar-refractivity contribution < 1.29 is 18.1 Å². The third-order valence-corrected chi connectivity index (χ3v) is 6.51. The number of benzene rings is 2. The first kappa shape index (κ1) is 17.1. The summed E-state index contributed by atoms with van der Waals surface area (Å²) >= 11 is 0. The number of amides is 1. The molecule has 1 N–H and O–H groups in total. The van der Waals surface area contributed by atoms with Gasteiger partial charge < -0.3 is 5.32 Å². The van der Waals surface area contributed by atoms with Gasteiger partial charge in [0.1, 0.15) is 0 Å². The average Bonchev–Trinajstić information content (AvgIpc) is 2.62. The Bertz CT molecular complexity index is 894. The lowest BCUT2D eigenvalue weighted by molar-refractivity contribution is -0.384. The summed E-state index contributed by atoms with van der Waals surface area (Å²) in [7, 11) is -3.66. The summed E-state index contributed by atoms with van der Waals surface area (Å²) in [6, 6.07) is 12.9. The molecule has 1 aliphatic rings. The van der Waals surface area contributed by atoms with E-state index in [9.17, 15) is 23.3 Å². The van der Waals surface area contributed by atoms with Gasteiger partial charge >= 0.3 is 0 Å². The predicted molar refractivity (Wildman–Crippen MR) is 90.6 cm³/mol. The Balaban J connectivity index is 1.99. The van der Waals surface area contributed by atoms with Gasteiger partial charge in [0.15, 0.2) is 9.84 Å². The van der Waals surface area contributed by atoms with E-state index in [1.807, 2.05) is 0 Å². The molecular formula is C17H16N2O5S. The van der Waals surface area contributed by atoms with Crippen LogP contribution in [0.3, 0.4) is 0 Å². The summed E-state index contributed by atoms with van der Waals surface area (Å²) in [6.45, 7) is 0. The van der Waals surface area contributed by atoms with Crippen molar-refractivity contribution in [2.24, 2.45) is 0 Å². The highest BCUT2D eigenvalue weighted by Gasteiger charge is 2.39. The van der Waals surface area contributed by atoms with E-state index < -0.39 is 26.1 Å². The molecule has 2 aromatic rings. The first-order valence-electron chi connectivity index (χ1n) is 7.72. The molecule has 0 unspecified atom stereocenters. The Hall–Kier alpha value is -2.74. The molecule has 7 nitrogen and oxygen atoms in total. The minimum absolute atomic E-state index is 0.0895. The number of hydrogen-bond acceptors (Lipinski definition) is 5. The van der Waals surface area contributed by atoms with Gasteiger partial charge in [0.05, 0.1) is 21.1 Å². The molecule has 1 saturated heterocycles. The largest absolute Gasteiger partial charge is 0.348 e. The molecule has 3 rings (SSSR count). The number of hydrogen-bond donors (Lipinski definition) is 1. The molecule has 0 radical (unpaired) electrons. The molecule has 25 heavy (non-hydrogen) atoms. The highest BCUT2D eigenvalue weighted by Crippen LogP contribution is 2.33. The van der Waals surface area contributed by atoms with E-state index in [4.69, 9.17) is 0 Å². The molecule has 0 aromatic heterocycles. The van der Waals surface area contributed by atoms with Crippen molar-refractivity contribution in [1.82, 2.24) is 5.32 Å². The number of carbonyl (C=O) groups is 1. The van der Waals surface area contributed by atoms with Gasteiger partial charge in [0, 0.05) is 18.6 Å². The van der Waals surface area contributed by atoms with Crippen LogP contribution in [-0.2, 0) is 14.6 Å². The van der Waals surface area contributed by atoms with Gasteiger partial charge in [-0.05, 0) is 24.1 Å². The maximum Gasteiger partial charge on any atom is 0.269 e. The number of non-ortho nitro benzene ring substituents is 1. The van der Waals surface area contributed by atoms with Crippen LogP contribution in [0.15, 0.2) is 59.5 Å². The van der Waals surface area contributed by atoms with Crippen LogP contribution >= 0.6 is 0 Å². The summed E-state index contributed by atoms with van der Waals surface area (Å²) < 4.78 is 26.0. The van der Waals surface area contributed by atoms with Gasteiger partial charge in [0.2, 0.25) is 5.91 Å². The minimum Gasteiger partial charge on any atom is -0.348 e. The van der Waals surface area contributed by atoms with Crippen molar-refractivity contribution in [3.8, 4) is 0 Å². The number of rotatable bonds is 4. The molecule has 0 aliphatic carbocycles. The zero-order valence-electron chi connectivity index (χ0n) is 13.2. The number of piperidine rings is 1. The molecule has 2 atom stereocenters. The number of nitrogens with one attached hydrogen (secondary N) is 1. The Labute approximate surface area is 144 Å². The Morgan fingerprint density at radius 2 is 1.68 bits per heavy atom. The van der Waals surface area contributed by atoms with Gasteiger partial charge in [-0.25, -0.2) is 8.42 Å². The van der Waals surface area contributed by atoms with Crippen molar-refractivity contribution in [3.63, 3.8) is 0 Å². The standard InChI is InChI=1S/C17H16N2O5S/c20-16-11-10-15(25(23,24)14-4-2-1-3-5-14)17(18-16)12-6-8-13(9-7-12)19(21)22/h1-9,15,17H,10-11H2,(H,18,20)/t15-,17+/m0/s1. The van der Waals surface area contributed by atoms with E-state index >= 15 is 0 Å². The maximum absolute atomic E-state index is 13.0. The van der Waals surface area contributed by atoms with Gasteiger partial charge in [0.25, 0.3) is 5.69 Å². The van der Waals surface area contributed by atoms with Crippen LogP contribution in [0.4, 0.5) is 5.69 Å². The fourth-order valence-corrected chi connectivity index (χ4v) is 4.90. The van der Waals surface area contributed by atoms with E-state index in [0.717, 1.165) is 0 Å². The van der Waals surface area contributed by atoms with Crippen molar-refractivity contribution >= 4 is 21.4 Å². The number of sulfone groups is 1. The molecule has 0 spiro atoms. The van der Waals surface area contributed by atoms with Gasteiger partial charge in [-0.3, -0.25) is 14.9 Å². The van der Waals surface area contributed by atoms with Crippen molar-refractivity contribution in [2.75, 3.05) is 0 Å². The zero-order chi connectivity index (χ0) is 18.0. The average molecular weight is 360 g/mol. The van der Waals surface area contributed by atoms with E-state index in [1.165, 1.54) is 36.4 Å². The molecule has 2 aromatic carbocycles. The number of nitro groups is 1. The van der Waals surface area contributed by atoms with Crippen LogP contribution in [0.25, 0.3) is 0 Å². The summed E-state index contributed by atoms with van der Waals surface area (Å²) in [5, 5.41) is 12.7. The smallest absolute Gasteiger partial charge is 0.269 e. The molecule has 8 heteroatoms. The van der Waals surface area contributed by atoms with Crippen LogP contribution in [0.1, 0.15) is 24.4 Å². The van der Waals surface area contributed by atoms with E-state index in [1.54, 1.807) is 18.2 Å². The SMILES string of the molecule is O=C1CC[C@H](S(=O)(=O)c2ccccc2)[C@@H](c2ccc([N+](=O)[O-])cc2)N1. The van der Waals surface area contributed by atoms with E-state index in [-0.39, 0.29) is 29.3 Å². The van der Waals surface area contributed by atoms with Crippen LogP contribution in [0, 0.1) is 10.1 Å². The van der Waals surface area contributed by atoms with Crippen molar-refractivity contribution in [1.29, 1.82) is 0 Å². The van der Waals surface area contributed by atoms with E-state index in [2.05, 4.69) is 5.32 Å². The quantitative estimate of drug-likeness (QED) is 0.665. The number of nitro benzene ring substituents is 1. The van der Waals surface area contributed by atoms with Crippen molar-refractivity contribution in [3.05, 3.63) is 70.3 Å². The predicted octanol–water partition coefficient (Wildman–Crippen LogP) is 2.39. The second kappa shape index (κ2) is 6.64. The third kappa shape index (κ3) is 3.39. The molecule has 1 aliphatic heterocycles. The number of nitrogens with zero attached hydrogens (tertiary/aromatic N) is 1. The Kier molecular flexibility index (Phi) is 4.54. The molecular weight excluding hydrogens is 344 g/mol. The second-order valence-electron chi connectivity index (χ2n) is 5.83. The Morgan fingerprint density at radius 1 is 1.04 bits per heavy atom. The fraction of sp³-hybridized carbons (Fsp3) is 0.235. The number of carbonyl (C=O) groups excluding carboxylic acids is 1. The van der Waals surface area contributed by atoms with Crippen LogP contribution in [0.2, 0.25) is 0 Å². The second-order valence-corrected chi connectivity index (χ2v) is 8.00. The summed E-state index contributed by atoms with van der Waals surface area (Å²) in [6.07, 6.45) is 0.324. The highest BCUT2D eigenvalue weighted by atomic mass is 32.2. The van der Waals surface area contributed by atoms with Gasteiger partial charge in [-0.1, -0.05) is 30.3 Å². The Morgan fingerprint density at radius 3 is 2.28 bits per heavy atom. The third-order valence-electron chi connectivity index (χ3n) is 4.28. The highest BCUT2D eigenvalue weighted by molar-refractivity contribution is 7.92. The summed E-state index contributed by atoms with van der Waals surface area (Å²) in [4.78, 5) is 22.3. The molecule has 0 saturated carbocycles. The maximum atomic E-state index is 13.0. The monoisotopic (exact) mass is 360 g/mol. The zero-order valence-corrected chi connectivity index (χ0v) is 14.0. The molecule has 1 fully saturated rings. The molecule has 0 bridgehead atoms. The molecule has 1 heterocycles. The normalized spacial score (nSPS) is 20.7. The summed E-state index contributed by atoms with van der Waals surface area (Å²) in [5.74, 6) is -0.233. The van der Waals surface area contributed by atoms with Crippen LogP contribution in [-0.4, -0.2) is 24.5 Å². The summed E-state index contributed by atoms with van der Waals surface area (Å²) in [5.41, 5.74) is 0.441. The van der Waals surface area contributed by atoms with Gasteiger partial charge in [-0.15, -0.1) is 0 Å². The lowest BCUT2D eigenvalue weighted by Crippen LogP contribution is -2.45. The fourth-order valence-electron chi connectivity index (χ4n) is 3.00. The van der Waals surface area contributed by atoms with Crippen LogP contribution < -0.4 is 5.32 Å². The van der Waals surface area contributed by atoms with Gasteiger partial charge in [-0.2, -0.15) is 0 Å².